The third kappa shape index (κ3) is 6.86. The second-order valence-electron chi connectivity index (χ2n) is 8.86. The van der Waals surface area contributed by atoms with Crippen molar-refractivity contribution < 1.29 is 27.0 Å². The van der Waals surface area contributed by atoms with Crippen LogP contribution >= 0.6 is 11.6 Å². The quantitative estimate of drug-likeness (QED) is 0.326. The van der Waals surface area contributed by atoms with Crippen LogP contribution in [0.2, 0.25) is 5.02 Å². The van der Waals surface area contributed by atoms with Gasteiger partial charge in [-0.25, -0.2) is 22.2 Å². The number of hydrogen-bond donors (Lipinski definition) is 3. The summed E-state index contributed by atoms with van der Waals surface area (Å²) in [7, 11) is -3.60. The molecule has 3 aromatic rings. The van der Waals surface area contributed by atoms with Gasteiger partial charge in [-0.15, -0.1) is 0 Å². The molecule has 0 unspecified atom stereocenters. The zero-order valence-corrected chi connectivity index (χ0v) is 21.4. The van der Waals surface area contributed by atoms with Crippen LogP contribution in [0.25, 0.3) is 11.1 Å². The van der Waals surface area contributed by atoms with E-state index in [-0.39, 0.29) is 47.0 Å². The molecular weight excluding hydrogens is 526 g/mol. The van der Waals surface area contributed by atoms with Crippen LogP contribution in [0.15, 0.2) is 48.7 Å². The number of halogens is 3. The standard InChI is InChI=1S/C25H27ClF2N4O4S/c26-24-20(21(27)4-5-22(24)28)15-36-23-11-18(12-30-25(23)29)17-2-1-3-19(10-17)31-37(34,35)9-8-32-7-6-16(13-32)14-33/h1-5,10-12,16,31,33H,6-9,13-15H2,(H2,29,30)/t16-/m1/s1. The number of rotatable bonds is 10. The number of nitrogens with zero attached hydrogens (tertiary/aromatic N) is 2. The summed E-state index contributed by atoms with van der Waals surface area (Å²) < 4.78 is 61.3. The van der Waals surface area contributed by atoms with Gasteiger partial charge < -0.3 is 20.5 Å². The molecule has 4 N–H and O–H groups in total. The lowest BCUT2D eigenvalue weighted by molar-refractivity contribution is 0.224. The van der Waals surface area contributed by atoms with Crippen LogP contribution in [0.1, 0.15) is 12.0 Å². The normalized spacial score (nSPS) is 16.2. The first-order valence-electron chi connectivity index (χ1n) is 11.6. The molecule has 1 atom stereocenters. The van der Waals surface area contributed by atoms with Gasteiger partial charge >= 0.3 is 0 Å². The molecule has 37 heavy (non-hydrogen) atoms. The Labute approximate surface area is 219 Å². The number of benzene rings is 2. The minimum atomic E-state index is -3.60. The van der Waals surface area contributed by atoms with E-state index in [1.807, 2.05) is 4.90 Å². The Morgan fingerprint density at radius 3 is 2.73 bits per heavy atom. The largest absolute Gasteiger partial charge is 0.485 e. The lowest BCUT2D eigenvalue weighted by Crippen LogP contribution is -2.30. The average molecular weight is 553 g/mol. The molecule has 1 fully saturated rings. The van der Waals surface area contributed by atoms with Gasteiger partial charge in [0.1, 0.15) is 18.2 Å². The minimum absolute atomic E-state index is 0.0406. The van der Waals surface area contributed by atoms with Crippen molar-refractivity contribution in [2.75, 3.05) is 42.4 Å². The molecule has 12 heteroatoms. The third-order valence-corrected chi connectivity index (χ3v) is 7.84. The van der Waals surface area contributed by atoms with E-state index in [2.05, 4.69) is 9.71 Å². The Morgan fingerprint density at radius 1 is 1.19 bits per heavy atom. The number of likely N-dealkylation sites (tertiary alicyclic amines) is 1. The Bertz CT molecular complexity index is 1380. The summed E-state index contributed by atoms with van der Waals surface area (Å²) in [5.41, 5.74) is 7.34. The molecule has 198 valence electrons. The Kier molecular flexibility index (Phi) is 8.48. The van der Waals surface area contributed by atoms with E-state index in [0.29, 0.717) is 29.9 Å². The van der Waals surface area contributed by atoms with Gasteiger partial charge in [-0.05, 0) is 54.8 Å². The number of aliphatic hydroxyl groups excluding tert-OH is 1. The van der Waals surface area contributed by atoms with Crippen LogP contribution in [-0.2, 0) is 16.6 Å². The van der Waals surface area contributed by atoms with Crippen molar-refractivity contribution >= 4 is 33.1 Å². The number of pyridine rings is 1. The Balaban J connectivity index is 1.45. The van der Waals surface area contributed by atoms with Crippen LogP contribution in [0, 0.1) is 17.6 Å². The van der Waals surface area contributed by atoms with Gasteiger partial charge in [0.25, 0.3) is 0 Å². The van der Waals surface area contributed by atoms with E-state index >= 15 is 0 Å². The van der Waals surface area contributed by atoms with Crippen molar-refractivity contribution in [2.45, 2.75) is 13.0 Å². The highest BCUT2D eigenvalue weighted by Gasteiger charge is 2.23. The summed E-state index contributed by atoms with van der Waals surface area (Å²) in [6.45, 7) is 1.57. The molecule has 0 saturated carbocycles. The number of nitrogen functional groups attached to an aromatic ring is 1. The van der Waals surface area contributed by atoms with Gasteiger partial charge in [0.15, 0.2) is 11.6 Å². The first kappa shape index (κ1) is 27.1. The maximum Gasteiger partial charge on any atom is 0.233 e. The van der Waals surface area contributed by atoms with Crippen LogP contribution in [0.5, 0.6) is 5.75 Å². The second-order valence-corrected chi connectivity index (χ2v) is 11.1. The summed E-state index contributed by atoms with van der Waals surface area (Å²) in [6, 6.07) is 10.2. The predicted octanol–water partition coefficient (Wildman–Crippen LogP) is 3.90. The van der Waals surface area contributed by atoms with E-state index in [9.17, 15) is 22.3 Å². The average Bonchev–Trinajstić information content (AvgIpc) is 3.34. The molecule has 1 aliphatic rings. The number of sulfonamides is 1. The van der Waals surface area contributed by atoms with Gasteiger partial charge in [-0.3, -0.25) is 4.72 Å². The smallest absolute Gasteiger partial charge is 0.233 e. The monoisotopic (exact) mass is 552 g/mol. The molecule has 0 radical (unpaired) electrons. The Morgan fingerprint density at radius 2 is 1.97 bits per heavy atom. The topological polar surface area (TPSA) is 118 Å². The van der Waals surface area contributed by atoms with Crippen LogP contribution in [0.3, 0.4) is 0 Å². The SMILES string of the molecule is Nc1ncc(-c2cccc(NS(=O)(=O)CCN3CC[C@@H](CO)C3)c2)cc1OCc1c(F)ccc(F)c1Cl. The minimum Gasteiger partial charge on any atom is -0.485 e. The fraction of sp³-hybridized carbons (Fsp3) is 0.320. The zero-order valence-electron chi connectivity index (χ0n) is 19.8. The molecule has 8 nitrogen and oxygen atoms in total. The van der Waals surface area contributed by atoms with Crippen molar-refractivity contribution in [3.8, 4) is 16.9 Å². The molecule has 4 rings (SSSR count). The molecule has 2 heterocycles. The molecule has 0 bridgehead atoms. The summed E-state index contributed by atoms with van der Waals surface area (Å²) in [4.78, 5) is 6.14. The molecule has 0 spiro atoms. The van der Waals surface area contributed by atoms with E-state index in [4.69, 9.17) is 22.1 Å². The number of hydrogen-bond acceptors (Lipinski definition) is 7. The second kappa shape index (κ2) is 11.6. The van der Waals surface area contributed by atoms with Gasteiger partial charge in [0, 0.05) is 42.7 Å². The third-order valence-electron chi connectivity index (χ3n) is 6.17. The van der Waals surface area contributed by atoms with Gasteiger partial charge in [-0.1, -0.05) is 23.7 Å². The molecule has 0 amide bonds. The van der Waals surface area contributed by atoms with Gasteiger partial charge in [0.05, 0.1) is 10.8 Å². The summed E-state index contributed by atoms with van der Waals surface area (Å²) in [5, 5.41) is 8.89. The number of ether oxygens (including phenoxy) is 1. The highest BCUT2D eigenvalue weighted by Crippen LogP contribution is 2.31. The molecule has 2 aromatic carbocycles. The number of aliphatic hydroxyl groups is 1. The van der Waals surface area contributed by atoms with Gasteiger partial charge in [-0.2, -0.15) is 0 Å². The first-order valence-corrected chi connectivity index (χ1v) is 13.6. The molecule has 1 aromatic heterocycles. The van der Waals surface area contributed by atoms with Crippen LogP contribution in [0.4, 0.5) is 20.3 Å². The van der Waals surface area contributed by atoms with Crippen molar-refractivity contribution in [1.29, 1.82) is 0 Å². The van der Waals surface area contributed by atoms with Gasteiger partial charge in [0.2, 0.25) is 10.0 Å². The summed E-state index contributed by atoms with van der Waals surface area (Å²) >= 11 is 5.86. The fourth-order valence-corrected chi connectivity index (χ4v) is 5.38. The predicted molar refractivity (Wildman–Crippen MR) is 139 cm³/mol. The van der Waals surface area contributed by atoms with Crippen LogP contribution < -0.4 is 15.2 Å². The molecule has 0 aliphatic carbocycles. The van der Waals surface area contributed by atoms with E-state index in [0.717, 1.165) is 25.1 Å². The zero-order chi connectivity index (χ0) is 26.6. The van der Waals surface area contributed by atoms with E-state index in [1.165, 1.54) is 6.20 Å². The van der Waals surface area contributed by atoms with Crippen molar-refractivity contribution in [2.24, 2.45) is 5.92 Å². The van der Waals surface area contributed by atoms with Crippen molar-refractivity contribution in [1.82, 2.24) is 9.88 Å². The van der Waals surface area contributed by atoms with E-state index < -0.39 is 21.7 Å². The fourth-order valence-electron chi connectivity index (χ4n) is 4.09. The van der Waals surface area contributed by atoms with Crippen molar-refractivity contribution in [3.63, 3.8) is 0 Å². The van der Waals surface area contributed by atoms with Crippen molar-refractivity contribution in [3.05, 3.63) is 70.9 Å². The summed E-state index contributed by atoms with van der Waals surface area (Å²) in [6.07, 6.45) is 2.36. The number of nitrogens with one attached hydrogen (secondary N) is 1. The maximum atomic E-state index is 14.1. The Hall–Kier alpha value is -2.99. The number of nitrogens with two attached hydrogens (primary N) is 1. The first-order chi connectivity index (χ1) is 17.6. The van der Waals surface area contributed by atoms with E-state index in [1.54, 1.807) is 30.3 Å². The summed E-state index contributed by atoms with van der Waals surface area (Å²) in [5.74, 6) is -1.19. The highest BCUT2D eigenvalue weighted by atomic mass is 35.5. The lowest BCUT2D eigenvalue weighted by Gasteiger charge is -2.16. The number of anilines is 2. The molecule has 1 saturated heterocycles. The molecular formula is C25H27ClF2N4O4S. The maximum absolute atomic E-state index is 14.1. The van der Waals surface area contributed by atoms with Crippen LogP contribution in [-0.4, -0.2) is 55.4 Å². The molecule has 1 aliphatic heterocycles. The lowest BCUT2D eigenvalue weighted by atomic mass is 10.1. The highest BCUT2D eigenvalue weighted by molar-refractivity contribution is 7.92. The number of aromatic nitrogens is 1.